The lowest BCUT2D eigenvalue weighted by atomic mass is 10.2. The smallest absolute Gasteiger partial charge is 0.233 e. The van der Waals surface area contributed by atoms with Gasteiger partial charge in [-0.05, 0) is 30.5 Å². The molecule has 0 aliphatic rings. The van der Waals surface area contributed by atoms with Crippen LogP contribution >= 0.6 is 0 Å². The predicted octanol–water partition coefficient (Wildman–Crippen LogP) is 2.37. The second-order valence-corrected chi connectivity index (χ2v) is 6.25. The summed E-state index contributed by atoms with van der Waals surface area (Å²) >= 11 is 0. The van der Waals surface area contributed by atoms with Gasteiger partial charge in [0.05, 0.1) is 17.6 Å². The highest BCUT2D eigenvalue weighted by molar-refractivity contribution is 7.92. The summed E-state index contributed by atoms with van der Waals surface area (Å²) in [5.74, 6) is 0.0605. The maximum Gasteiger partial charge on any atom is 0.233 e. The monoisotopic (exact) mass is 276 g/mol. The molecule has 0 radical (unpaired) electrons. The molecule has 4 nitrogen and oxygen atoms in total. The molecule has 5 heteroatoms. The Morgan fingerprint density at radius 2 is 1.89 bits per heavy atom. The van der Waals surface area contributed by atoms with E-state index in [9.17, 15) is 8.42 Å². The molecule has 0 bridgehead atoms. The largest absolute Gasteiger partial charge is 0.282 e. The van der Waals surface area contributed by atoms with Crippen molar-refractivity contribution in [3.05, 3.63) is 59.9 Å². The van der Waals surface area contributed by atoms with Crippen molar-refractivity contribution in [3.8, 4) is 0 Å². The third-order valence-electron chi connectivity index (χ3n) is 2.65. The first-order chi connectivity index (χ1) is 9.05. The van der Waals surface area contributed by atoms with Crippen molar-refractivity contribution in [2.24, 2.45) is 0 Å². The minimum Gasteiger partial charge on any atom is -0.282 e. The molecule has 0 unspecified atom stereocenters. The highest BCUT2D eigenvalue weighted by Crippen LogP contribution is 2.10. The third kappa shape index (κ3) is 4.37. The van der Waals surface area contributed by atoms with Crippen LogP contribution in [0.25, 0.3) is 0 Å². The predicted molar refractivity (Wildman–Crippen MR) is 76.5 cm³/mol. The van der Waals surface area contributed by atoms with Gasteiger partial charge in [-0.3, -0.25) is 9.71 Å². The van der Waals surface area contributed by atoms with Gasteiger partial charge in [-0.25, -0.2) is 8.42 Å². The number of benzene rings is 1. The summed E-state index contributed by atoms with van der Waals surface area (Å²) in [4.78, 5) is 3.96. The van der Waals surface area contributed by atoms with E-state index in [4.69, 9.17) is 0 Å². The number of anilines is 1. The minimum atomic E-state index is -3.34. The van der Waals surface area contributed by atoms with Crippen molar-refractivity contribution in [2.45, 2.75) is 13.3 Å². The van der Waals surface area contributed by atoms with Crippen molar-refractivity contribution in [1.82, 2.24) is 4.98 Å². The van der Waals surface area contributed by atoms with E-state index >= 15 is 0 Å². The van der Waals surface area contributed by atoms with Crippen LogP contribution in [0.3, 0.4) is 0 Å². The molecule has 1 N–H and O–H groups in total. The SMILES string of the molecule is Cc1cncc(NS(=O)(=O)CCc2ccccc2)c1. The molecule has 1 heterocycles. The Bertz CT molecular complexity index is 640. The number of hydrogen-bond donors (Lipinski definition) is 1. The first kappa shape index (κ1) is 13.5. The lowest BCUT2D eigenvalue weighted by Crippen LogP contribution is -2.18. The van der Waals surface area contributed by atoms with Gasteiger partial charge >= 0.3 is 0 Å². The maximum absolute atomic E-state index is 11.9. The van der Waals surface area contributed by atoms with Crippen LogP contribution in [0.1, 0.15) is 11.1 Å². The molecule has 0 atom stereocenters. The van der Waals surface area contributed by atoms with Gasteiger partial charge in [0.2, 0.25) is 10.0 Å². The Hall–Kier alpha value is -1.88. The lowest BCUT2D eigenvalue weighted by molar-refractivity contribution is 0.600. The molecule has 0 saturated heterocycles. The first-order valence-corrected chi connectivity index (χ1v) is 7.66. The number of pyridine rings is 1. The van der Waals surface area contributed by atoms with Crippen LogP contribution in [0.4, 0.5) is 5.69 Å². The van der Waals surface area contributed by atoms with Crippen LogP contribution in [0.5, 0.6) is 0 Å². The molecule has 0 saturated carbocycles. The van der Waals surface area contributed by atoms with Gasteiger partial charge in [0, 0.05) is 6.20 Å². The Morgan fingerprint density at radius 3 is 2.58 bits per heavy atom. The zero-order valence-electron chi connectivity index (χ0n) is 10.7. The summed E-state index contributed by atoms with van der Waals surface area (Å²) in [5, 5.41) is 0. The zero-order chi connectivity index (χ0) is 13.7. The molecular weight excluding hydrogens is 260 g/mol. The van der Waals surface area contributed by atoms with E-state index in [1.807, 2.05) is 37.3 Å². The Morgan fingerprint density at radius 1 is 1.16 bits per heavy atom. The summed E-state index contributed by atoms with van der Waals surface area (Å²) in [6, 6.07) is 11.3. The number of nitrogens with zero attached hydrogens (tertiary/aromatic N) is 1. The van der Waals surface area contributed by atoms with Crippen LogP contribution in [0.15, 0.2) is 48.8 Å². The molecule has 0 amide bonds. The molecule has 0 spiro atoms. The van der Waals surface area contributed by atoms with Gasteiger partial charge in [0.25, 0.3) is 0 Å². The fraction of sp³-hybridized carbons (Fsp3) is 0.214. The van der Waals surface area contributed by atoms with Crippen LogP contribution in [-0.4, -0.2) is 19.2 Å². The molecule has 1 aromatic heterocycles. The number of nitrogens with one attached hydrogen (secondary N) is 1. The fourth-order valence-corrected chi connectivity index (χ4v) is 2.82. The summed E-state index contributed by atoms with van der Waals surface area (Å²) in [5.41, 5.74) is 2.44. The van der Waals surface area contributed by atoms with Gasteiger partial charge in [-0.15, -0.1) is 0 Å². The summed E-state index contributed by atoms with van der Waals surface area (Å²) in [6.45, 7) is 1.87. The van der Waals surface area contributed by atoms with Gasteiger partial charge in [-0.2, -0.15) is 0 Å². The molecule has 19 heavy (non-hydrogen) atoms. The van der Waals surface area contributed by atoms with Crippen molar-refractivity contribution in [2.75, 3.05) is 10.5 Å². The van der Waals surface area contributed by atoms with Gasteiger partial charge in [0.1, 0.15) is 0 Å². The van der Waals surface area contributed by atoms with Crippen molar-refractivity contribution in [3.63, 3.8) is 0 Å². The van der Waals surface area contributed by atoms with Gasteiger partial charge in [0.15, 0.2) is 0 Å². The molecule has 0 aliphatic carbocycles. The molecular formula is C14H16N2O2S. The quantitative estimate of drug-likeness (QED) is 0.912. The van der Waals surface area contributed by atoms with Gasteiger partial charge in [-0.1, -0.05) is 30.3 Å². The van der Waals surface area contributed by atoms with E-state index in [-0.39, 0.29) is 5.75 Å². The standard InChI is InChI=1S/C14H16N2O2S/c1-12-9-14(11-15-10-12)16-19(17,18)8-7-13-5-3-2-4-6-13/h2-6,9-11,16H,7-8H2,1H3. The maximum atomic E-state index is 11.9. The van der Waals surface area contributed by atoms with Gasteiger partial charge < -0.3 is 0 Å². The minimum absolute atomic E-state index is 0.0605. The number of sulfonamides is 1. The molecule has 0 fully saturated rings. The molecule has 2 aromatic rings. The zero-order valence-corrected chi connectivity index (χ0v) is 11.5. The Kier molecular flexibility index (Phi) is 4.16. The topological polar surface area (TPSA) is 59.1 Å². The average molecular weight is 276 g/mol. The molecule has 2 rings (SSSR count). The van der Waals surface area contributed by atoms with E-state index in [1.54, 1.807) is 12.3 Å². The summed E-state index contributed by atoms with van der Waals surface area (Å²) in [7, 11) is -3.34. The fourth-order valence-electron chi connectivity index (χ4n) is 1.74. The Balaban J connectivity index is 1.99. The lowest BCUT2D eigenvalue weighted by Gasteiger charge is -2.08. The van der Waals surface area contributed by atoms with E-state index in [0.717, 1.165) is 11.1 Å². The summed E-state index contributed by atoms with van der Waals surface area (Å²) in [6.07, 6.45) is 3.68. The van der Waals surface area contributed by atoms with Crippen LogP contribution < -0.4 is 4.72 Å². The van der Waals surface area contributed by atoms with E-state index in [1.165, 1.54) is 6.20 Å². The normalized spacial score (nSPS) is 11.2. The summed E-state index contributed by atoms with van der Waals surface area (Å²) < 4.78 is 26.4. The highest BCUT2D eigenvalue weighted by atomic mass is 32.2. The third-order valence-corrected chi connectivity index (χ3v) is 3.94. The number of aryl methyl sites for hydroxylation is 2. The van der Waals surface area contributed by atoms with Crippen LogP contribution in [-0.2, 0) is 16.4 Å². The molecule has 0 aliphatic heterocycles. The second kappa shape index (κ2) is 5.84. The second-order valence-electron chi connectivity index (χ2n) is 4.41. The van der Waals surface area contributed by atoms with E-state index < -0.39 is 10.0 Å². The molecule has 100 valence electrons. The van der Waals surface area contributed by atoms with Crippen molar-refractivity contribution >= 4 is 15.7 Å². The van der Waals surface area contributed by atoms with Crippen LogP contribution in [0.2, 0.25) is 0 Å². The Labute approximate surface area is 113 Å². The number of rotatable bonds is 5. The van der Waals surface area contributed by atoms with E-state index in [0.29, 0.717) is 12.1 Å². The van der Waals surface area contributed by atoms with Crippen molar-refractivity contribution < 1.29 is 8.42 Å². The van der Waals surface area contributed by atoms with E-state index in [2.05, 4.69) is 9.71 Å². The molecule has 1 aromatic carbocycles. The van der Waals surface area contributed by atoms with Crippen molar-refractivity contribution in [1.29, 1.82) is 0 Å². The first-order valence-electron chi connectivity index (χ1n) is 6.01. The van der Waals surface area contributed by atoms with Crippen LogP contribution in [0, 0.1) is 6.92 Å². The number of aromatic nitrogens is 1. The number of hydrogen-bond acceptors (Lipinski definition) is 3. The average Bonchev–Trinajstić information content (AvgIpc) is 2.37. The highest BCUT2D eigenvalue weighted by Gasteiger charge is 2.10.